The highest BCUT2D eigenvalue weighted by molar-refractivity contribution is 6.34. The molecular weight excluding hydrogens is 994 g/mol. The molecule has 0 unspecified atom stereocenters. The van der Waals surface area contributed by atoms with Crippen LogP contribution in [-0.2, 0) is 15.2 Å². The van der Waals surface area contributed by atoms with Crippen molar-refractivity contribution < 1.29 is 42.5 Å². The molecule has 4 aromatic carbocycles. The van der Waals surface area contributed by atoms with E-state index in [1.807, 2.05) is 37.3 Å². The van der Waals surface area contributed by atoms with Gasteiger partial charge in [-0.05, 0) is 131 Å². The molecular formula is C58H67ClF2N8O7. The topological polar surface area (TPSA) is 185 Å². The smallest absolute Gasteiger partial charge is 0.329 e. The van der Waals surface area contributed by atoms with E-state index in [4.69, 9.17) is 31.9 Å². The molecule has 402 valence electrons. The van der Waals surface area contributed by atoms with E-state index in [2.05, 4.69) is 43.3 Å². The van der Waals surface area contributed by atoms with Gasteiger partial charge in [0.2, 0.25) is 17.7 Å². The average Bonchev–Trinajstić information content (AvgIpc) is 4.26. The number of aliphatic hydroxyl groups excluding tert-OH is 1. The molecule has 0 bridgehead atoms. The molecule has 15 nitrogen and oxygen atoms in total. The second-order valence-corrected chi connectivity index (χ2v) is 22.3. The van der Waals surface area contributed by atoms with Crippen molar-refractivity contribution in [3.8, 4) is 22.6 Å². The Bertz CT molecular complexity index is 3020. The van der Waals surface area contributed by atoms with E-state index >= 15 is 8.78 Å². The lowest BCUT2D eigenvalue weighted by Gasteiger charge is -2.39. The van der Waals surface area contributed by atoms with Gasteiger partial charge in [0.15, 0.2) is 17.4 Å². The van der Waals surface area contributed by atoms with Crippen molar-refractivity contribution in [3.05, 3.63) is 106 Å². The van der Waals surface area contributed by atoms with E-state index in [1.165, 1.54) is 23.8 Å². The number of rotatable bonds is 16. The summed E-state index contributed by atoms with van der Waals surface area (Å²) < 4.78 is 46.7. The van der Waals surface area contributed by atoms with Crippen LogP contribution >= 0.6 is 11.6 Å². The van der Waals surface area contributed by atoms with Crippen molar-refractivity contribution >= 4 is 52.1 Å². The first-order valence-corrected chi connectivity index (χ1v) is 27.7. The van der Waals surface area contributed by atoms with Crippen molar-refractivity contribution in [3.63, 3.8) is 0 Å². The number of benzene rings is 4. The number of nitrogens with two attached hydrogens (primary N) is 1. The zero-order chi connectivity index (χ0) is 52.8. The lowest BCUT2D eigenvalue weighted by atomic mass is 9.75. The predicted octanol–water partition coefficient (Wildman–Crippen LogP) is 8.93. The van der Waals surface area contributed by atoms with Crippen LogP contribution in [0.5, 0.6) is 11.5 Å². The first-order chi connectivity index (χ1) is 36.8. The average molecular weight is 1060 g/mol. The van der Waals surface area contributed by atoms with Crippen LogP contribution in [-0.4, -0.2) is 114 Å². The lowest BCUT2D eigenvalue weighted by molar-refractivity contribution is -0.138. The molecule has 5 amide bonds. The molecule has 5 fully saturated rings. The third-order valence-corrected chi connectivity index (χ3v) is 17.7. The fraction of sp³-hybridized carbons (Fsp3) is 0.500. The maximum Gasteiger partial charge on any atom is 0.329 e. The molecule has 11 rings (SSSR count). The monoisotopic (exact) mass is 1060 g/mol. The van der Waals surface area contributed by atoms with Crippen molar-refractivity contribution in [2.75, 3.05) is 63.9 Å². The molecule has 2 saturated carbocycles. The molecule has 5 heterocycles. The van der Waals surface area contributed by atoms with Crippen molar-refractivity contribution in [2.24, 2.45) is 17.6 Å². The molecule has 3 saturated heterocycles. The number of fused-ring (bicyclic) bond motifs is 2. The Kier molecular flexibility index (Phi) is 14.8. The number of carbonyl (C=O) groups is 4. The number of nitrogens with one attached hydrogen (secondary N) is 2. The van der Waals surface area contributed by atoms with E-state index in [0.29, 0.717) is 48.8 Å². The van der Waals surface area contributed by atoms with Crippen molar-refractivity contribution in [2.45, 2.75) is 113 Å². The largest absolute Gasteiger partial charge is 0.488 e. The zero-order valence-electron chi connectivity index (χ0n) is 43.0. The summed E-state index contributed by atoms with van der Waals surface area (Å²) >= 11 is 6.73. The Labute approximate surface area is 446 Å². The molecule has 5 aromatic rings. The Balaban J connectivity index is 0.669. The molecule has 5 N–H and O–H groups in total. The van der Waals surface area contributed by atoms with Gasteiger partial charge >= 0.3 is 6.03 Å². The molecule has 2 atom stereocenters. The summed E-state index contributed by atoms with van der Waals surface area (Å²) in [5.41, 5.74) is 7.87. The minimum Gasteiger partial charge on any atom is -0.488 e. The molecule has 0 radical (unpaired) electrons. The molecule has 4 aliphatic heterocycles. The summed E-state index contributed by atoms with van der Waals surface area (Å²) in [6.45, 7) is 6.94. The van der Waals surface area contributed by atoms with Gasteiger partial charge in [-0.1, -0.05) is 54.9 Å². The van der Waals surface area contributed by atoms with E-state index in [0.717, 1.165) is 113 Å². The summed E-state index contributed by atoms with van der Waals surface area (Å²) in [5, 5.41) is 21.1. The summed E-state index contributed by atoms with van der Waals surface area (Å²) in [5.74, 6) is -1.65. The van der Waals surface area contributed by atoms with Crippen LogP contribution in [0.15, 0.2) is 66.7 Å². The first-order valence-electron chi connectivity index (χ1n) is 27.3. The third-order valence-electron chi connectivity index (χ3n) is 17.3. The molecule has 18 heteroatoms. The summed E-state index contributed by atoms with van der Waals surface area (Å²) in [6, 6.07) is 20.2. The highest BCUT2D eigenvalue weighted by Crippen LogP contribution is 2.58. The molecule has 1 aromatic heterocycles. The zero-order valence-corrected chi connectivity index (χ0v) is 43.8. The van der Waals surface area contributed by atoms with Gasteiger partial charge in [-0.25, -0.2) is 13.6 Å². The molecule has 2 aliphatic carbocycles. The normalized spacial score (nSPS) is 23.7. The Morgan fingerprint density at radius 1 is 0.921 bits per heavy atom. The number of hydrogen-bond acceptors (Lipinski definition) is 10. The summed E-state index contributed by atoms with van der Waals surface area (Å²) in [7, 11) is 0. The number of aromatic nitrogens is 2. The first kappa shape index (κ1) is 51.9. The number of imide groups is 1. The van der Waals surface area contributed by atoms with Crippen molar-refractivity contribution in [1.82, 2.24) is 30.2 Å². The van der Waals surface area contributed by atoms with Crippen LogP contribution in [0.2, 0.25) is 5.02 Å². The maximum atomic E-state index is 16.5. The number of halogens is 3. The number of amides is 5. The number of ether oxygens (including phenoxy) is 2. The fourth-order valence-electron chi connectivity index (χ4n) is 13.0. The van der Waals surface area contributed by atoms with Gasteiger partial charge in [0.05, 0.1) is 28.8 Å². The van der Waals surface area contributed by atoms with Crippen molar-refractivity contribution in [1.29, 1.82) is 0 Å². The highest BCUT2D eigenvalue weighted by Gasteiger charge is 2.50. The minimum atomic E-state index is -1.03. The SMILES string of the molecule is C[C@H]1c2c(cc(F)c(Cl)c2-c2c(C(N)=O)ccc(OCCO)c2F)O[C@]1(CCNC1CCC(C(=O)N2CCC(CN3CCC(c4ccc5c(N6CCC(=O)NC6=O)nn(C6CC6)c5c4)CC3)CC2)CC1)c1ccccc1. The number of nitrogens with zero attached hydrogens (tertiary/aromatic N) is 5. The van der Waals surface area contributed by atoms with E-state index in [9.17, 15) is 24.3 Å². The number of likely N-dealkylation sites (tertiary alicyclic amines) is 2. The third kappa shape index (κ3) is 10.0. The molecule has 0 spiro atoms. The quantitative estimate of drug-likeness (QED) is 0.0744. The van der Waals surface area contributed by atoms with Gasteiger partial charge in [0.25, 0.3) is 0 Å². The highest BCUT2D eigenvalue weighted by atomic mass is 35.5. The summed E-state index contributed by atoms with van der Waals surface area (Å²) in [4.78, 5) is 57.7. The van der Waals surface area contributed by atoms with Gasteiger partial charge in [-0.15, -0.1) is 0 Å². The number of hydrogen-bond donors (Lipinski definition) is 4. The number of urea groups is 1. The number of aliphatic hydroxyl groups is 1. The van der Waals surface area contributed by atoms with Crippen LogP contribution in [0.4, 0.5) is 19.4 Å². The number of carbonyl (C=O) groups excluding carboxylic acids is 4. The van der Waals surface area contributed by atoms with E-state index in [-0.39, 0.29) is 76.6 Å². The van der Waals surface area contributed by atoms with Crippen LogP contribution in [0.25, 0.3) is 22.0 Å². The van der Waals surface area contributed by atoms with E-state index in [1.54, 1.807) is 4.90 Å². The van der Waals surface area contributed by atoms with Crippen LogP contribution in [0.1, 0.15) is 129 Å². The van der Waals surface area contributed by atoms with Gasteiger partial charge in [-0.2, -0.15) is 5.10 Å². The Morgan fingerprint density at radius 2 is 1.67 bits per heavy atom. The summed E-state index contributed by atoms with van der Waals surface area (Å²) in [6.07, 6.45) is 10.4. The van der Waals surface area contributed by atoms with Gasteiger partial charge < -0.3 is 35.4 Å². The maximum absolute atomic E-state index is 16.5. The van der Waals surface area contributed by atoms with Gasteiger partial charge in [-0.3, -0.25) is 29.3 Å². The fourth-order valence-corrected chi connectivity index (χ4v) is 13.2. The van der Waals surface area contributed by atoms with Gasteiger partial charge in [0, 0.05) is 85.0 Å². The predicted molar refractivity (Wildman–Crippen MR) is 285 cm³/mol. The number of piperidine rings is 2. The second kappa shape index (κ2) is 21.7. The Morgan fingerprint density at radius 3 is 2.37 bits per heavy atom. The van der Waals surface area contributed by atoms with Crippen LogP contribution in [0, 0.1) is 23.5 Å². The second-order valence-electron chi connectivity index (χ2n) is 21.9. The minimum absolute atomic E-state index is 0.00284. The van der Waals surface area contributed by atoms with Crippen LogP contribution in [0.3, 0.4) is 0 Å². The lowest BCUT2D eigenvalue weighted by Crippen LogP contribution is -2.49. The Hall–Kier alpha value is -6.14. The van der Waals surface area contributed by atoms with Crippen LogP contribution < -0.4 is 30.7 Å². The molecule has 6 aliphatic rings. The number of primary amides is 1. The van der Waals surface area contributed by atoms with Gasteiger partial charge in [0.1, 0.15) is 23.8 Å². The standard InChI is InChI=1S/C58H67ClF2N8O7/c1-34-49-47(32-44(60)52(59)51(49)50-43(54(62)72)15-16-46(53(50)61)75-30-29-70)76-58(34,39-5-3-2-4-6-39)22-23-63-40-10-7-37(8-11-40)56(73)67-26-17-35(18-27-67)33-66-24-19-36(20-25-66)38-9-14-42-45(31-38)69(41-12-13-41)65-55(42)68-28-21-48(71)64-57(68)74/h2-6,9,14-16,31-32,34-37,40-41,63,70H,7-8,10-13,17-30,33H2,1H3,(H2,62,72)(H,64,71,74)/t34-,37?,40?,58-/m0/s1. The molecule has 76 heavy (non-hydrogen) atoms. The van der Waals surface area contributed by atoms with E-state index < -0.39 is 35.1 Å². The number of anilines is 1.